The number of likely N-dealkylation sites (tertiary alicyclic amines) is 1. The Morgan fingerprint density at radius 3 is 2.62 bits per heavy atom. The number of hydrogen-bond acceptors (Lipinski definition) is 5. The van der Waals surface area contributed by atoms with Gasteiger partial charge >= 0.3 is 0 Å². The van der Waals surface area contributed by atoms with Crippen molar-refractivity contribution in [3.63, 3.8) is 0 Å². The van der Waals surface area contributed by atoms with Crippen molar-refractivity contribution in [3.8, 4) is 11.4 Å². The van der Waals surface area contributed by atoms with Crippen molar-refractivity contribution in [1.29, 1.82) is 0 Å². The fraction of sp³-hybridized carbons (Fsp3) is 0.348. The van der Waals surface area contributed by atoms with E-state index in [1.807, 2.05) is 43.3 Å². The van der Waals surface area contributed by atoms with E-state index < -0.39 is 0 Å². The zero-order chi connectivity index (χ0) is 22.5. The Labute approximate surface area is 191 Å². The molecule has 166 valence electrons. The standard InChI is InChI=1S/C23H26N6O2S/c1-16-4-6-18(7-5-16)21-26-27-23(32)29(21)15-20(30)28-11-8-19(9-12-28)22(31)25-14-17-3-2-10-24-13-17/h2-7,10,13,19H,8-9,11-12,14-15H2,1H3,(H,25,31)(H,27,32). The predicted octanol–water partition coefficient (Wildman–Crippen LogP) is 2.87. The van der Waals surface area contributed by atoms with Crippen LogP contribution in [0.2, 0.25) is 0 Å². The van der Waals surface area contributed by atoms with Gasteiger partial charge in [0, 0.05) is 43.5 Å². The predicted molar refractivity (Wildman–Crippen MR) is 123 cm³/mol. The highest BCUT2D eigenvalue weighted by atomic mass is 32.1. The van der Waals surface area contributed by atoms with E-state index >= 15 is 0 Å². The first-order valence-corrected chi connectivity index (χ1v) is 11.1. The van der Waals surface area contributed by atoms with Gasteiger partial charge in [-0.2, -0.15) is 5.10 Å². The number of piperidine rings is 1. The molecule has 3 aromatic rings. The molecule has 0 bridgehead atoms. The summed E-state index contributed by atoms with van der Waals surface area (Å²) >= 11 is 5.36. The van der Waals surface area contributed by atoms with Gasteiger partial charge in [-0.05, 0) is 43.6 Å². The maximum absolute atomic E-state index is 13.0. The summed E-state index contributed by atoms with van der Waals surface area (Å²) < 4.78 is 2.15. The van der Waals surface area contributed by atoms with Crippen LogP contribution in [-0.4, -0.2) is 49.6 Å². The van der Waals surface area contributed by atoms with E-state index in [0.717, 1.165) is 16.7 Å². The SMILES string of the molecule is Cc1ccc(-c2n[nH]c(=S)n2CC(=O)N2CCC(C(=O)NCc3cccnc3)CC2)cc1. The van der Waals surface area contributed by atoms with Gasteiger partial charge in [0.25, 0.3) is 0 Å². The van der Waals surface area contributed by atoms with E-state index in [0.29, 0.717) is 43.1 Å². The molecule has 1 fully saturated rings. The number of rotatable bonds is 6. The molecule has 3 heterocycles. The Kier molecular flexibility index (Phi) is 6.75. The van der Waals surface area contributed by atoms with Crippen LogP contribution in [0.5, 0.6) is 0 Å². The van der Waals surface area contributed by atoms with Gasteiger partial charge in [0.15, 0.2) is 10.6 Å². The summed E-state index contributed by atoms with van der Waals surface area (Å²) in [6, 6.07) is 11.7. The van der Waals surface area contributed by atoms with Crippen LogP contribution in [0.3, 0.4) is 0 Å². The molecule has 0 radical (unpaired) electrons. The Hall–Kier alpha value is -3.33. The maximum atomic E-state index is 13.0. The van der Waals surface area contributed by atoms with Crippen LogP contribution in [0.1, 0.15) is 24.0 Å². The fourth-order valence-electron chi connectivity index (χ4n) is 3.85. The molecule has 9 heteroatoms. The number of aromatic nitrogens is 4. The molecule has 1 aromatic carbocycles. The summed E-state index contributed by atoms with van der Waals surface area (Å²) in [5.74, 6) is 0.563. The first kappa shape index (κ1) is 21.9. The molecule has 0 spiro atoms. The van der Waals surface area contributed by atoms with Crippen LogP contribution in [0.4, 0.5) is 0 Å². The second kappa shape index (κ2) is 9.86. The summed E-state index contributed by atoms with van der Waals surface area (Å²) in [5.41, 5.74) is 3.02. The molecule has 8 nitrogen and oxygen atoms in total. The third-order valence-electron chi connectivity index (χ3n) is 5.77. The van der Waals surface area contributed by atoms with Crippen molar-refractivity contribution in [2.75, 3.05) is 13.1 Å². The lowest BCUT2D eigenvalue weighted by Gasteiger charge is -2.31. The third-order valence-corrected chi connectivity index (χ3v) is 6.08. The molecule has 1 aliphatic rings. The smallest absolute Gasteiger partial charge is 0.242 e. The Morgan fingerprint density at radius 1 is 1.19 bits per heavy atom. The first-order chi connectivity index (χ1) is 15.5. The van der Waals surface area contributed by atoms with Gasteiger partial charge in [-0.3, -0.25) is 24.2 Å². The topological polar surface area (TPSA) is 95.9 Å². The number of nitrogens with one attached hydrogen (secondary N) is 2. The zero-order valence-electron chi connectivity index (χ0n) is 18.0. The fourth-order valence-corrected chi connectivity index (χ4v) is 4.05. The van der Waals surface area contributed by atoms with E-state index in [-0.39, 0.29) is 24.3 Å². The molecule has 4 rings (SSSR count). The van der Waals surface area contributed by atoms with E-state index in [2.05, 4.69) is 20.5 Å². The van der Waals surface area contributed by atoms with Crippen molar-refractivity contribution in [1.82, 2.24) is 30.0 Å². The van der Waals surface area contributed by atoms with E-state index in [9.17, 15) is 9.59 Å². The maximum Gasteiger partial charge on any atom is 0.242 e. The van der Waals surface area contributed by atoms with Gasteiger partial charge in [0.1, 0.15) is 6.54 Å². The molecular formula is C23H26N6O2S. The summed E-state index contributed by atoms with van der Waals surface area (Å²) in [4.78, 5) is 31.3. The number of aryl methyl sites for hydroxylation is 1. The Bertz CT molecular complexity index is 1130. The zero-order valence-corrected chi connectivity index (χ0v) is 18.8. The Morgan fingerprint density at radius 2 is 1.94 bits per heavy atom. The van der Waals surface area contributed by atoms with Crippen molar-refractivity contribution >= 4 is 24.0 Å². The van der Waals surface area contributed by atoms with Crippen LogP contribution < -0.4 is 5.32 Å². The molecule has 32 heavy (non-hydrogen) atoms. The van der Waals surface area contributed by atoms with Crippen molar-refractivity contribution < 1.29 is 9.59 Å². The van der Waals surface area contributed by atoms with Gasteiger partial charge in [-0.25, -0.2) is 0 Å². The van der Waals surface area contributed by atoms with Gasteiger partial charge in [0.2, 0.25) is 11.8 Å². The monoisotopic (exact) mass is 450 g/mol. The van der Waals surface area contributed by atoms with Gasteiger partial charge in [-0.15, -0.1) is 0 Å². The van der Waals surface area contributed by atoms with Crippen molar-refractivity contribution in [2.24, 2.45) is 5.92 Å². The first-order valence-electron chi connectivity index (χ1n) is 10.7. The average Bonchev–Trinajstić information content (AvgIpc) is 3.18. The van der Waals surface area contributed by atoms with Crippen LogP contribution in [0.25, 0.3) is 11.4 Å². The van der Waals surface area contributed by atoms with E-state index in [1.165, 1.54) is 0 Å². The number of benzene rings is 1. The van der Waals surface area contributed by atoms with Crippen LogP contribution >= 0.6 is 12.2 Å². The average molecular weight is 451 g/mol. The van der Waals surface area contributed by atoms with E-state index in [4.69, 9.17) is 12.2 Å². The molecule has 1 saturated heterocycles. The summed E-state index contributed by atoms with van der Waals surface area (Å²) in [6.07, 6.45) is 4.74. The van der Waals surface area contributed by atoms with E-state index in [1.54, 1.807) is 21.9 Å². The highest BCUT2D eigenvalue weighted by molar-refractivity contribution is 7.71. The second-order valence-corrected chi connectivity index (χ2v) is 8.43. The summed E-state index contributed by atoms with van der Waals surface area (Å²) in [6.45, 7) is 3.71. The van der Waals surface area contributed by atoms with Gasteiger partial charge < -0.3 is 10.2 Å². The number of hydrogen-bond donors (Lipinski definition) is 2. The molecule has 2 aromatic heterocycles. The van der Waals surface area contributed by atoms with Crippen LogP contribution in [0, 0.1) is 17.6 Å². The molecule has 0 unspecified atom stereocenters. The van der Waals surface area contributed by atoms with Crippen molar-refractivity contribution in [2.45, 2.75) is 32.9 Å². The lowest BCUT2D eigenvalue weighted by molar-refractivity contribution is -0.136. The Balaban J connectivity index is 1.32. The second-order valence-electron chi connectivity index (χ2n) is 8.04. The third kappa shape index (κ3) is 5.11. The highest BCUT2D eigenvalue weighted by Crippen LogP contribution is 2.21. The number of carbonyl (C=O) groups is 2. The quantitative estimate of drug-likeness (QED) is 0.563. The minimum Gasteiger partial charge on any atom is -0.352 e. The molecular weight excluding hydrogens is 424 g/mol. The van der Waals surface area contributed by atoms with Gasteiger partial charge in [0.05, 0.1) is 0 Å². The normalized spacial score (nSPS) is 14.3. The number of amides is 2. The van der Waals surface area contributed by atoms with Crippen molar-refractivity contribution in [3.05, 3.63) is 64.7 Å². The minimum atomic E-state index is -0.0880. The number of nitrogens with zero attached hydrogens (tertiary/aromatic N) is 4. The molecule has 2 N–H and O–H groups in total. The molecule has 0 saturated carbocycles. The number of aromatic amines is 1. The lowest BCUT2D eigenvalue weighted by Crippen LogP contribution is -2.44. The van der Waals surface area contributed by atoms with Crippen LogP contribution in [0.15, 0.2) is 48.8 Å². The molecule has 0 atom stereocenters. The molecule has 0 aliphatic carbocycles. The summed E-state index contributed by atoms with van der Waals surface area (Å²) in [7, 11) is 0. The number of H-pyrrole nitrogens is 1. The largest absolute Gasteiger partial charge is 0.352 e. The number of carbonyl (C=O) groups excluding carboxylic acids is 2. The lowest BCUT2D eigenvalue weighted by atomic mass is 9.95. The van der Waals surface area contributed by atoms with Gasteiger partial charge in [-0.1, -0.05) is 35.9 Å². The summed E-state index contributed by atoms with van der Waals surface area (Å²) in [5, 5.41) is 10.1. The molecule has 1 aliphatic heterocycles. The number of pyridine rings is 1. The minimum absolute atomic E-state index is 0.0231. The highest BCUT2D eigenvalue weighted by Gasteiger charge is 2.27. The molecule has 2 amide bonds. The van der Waals surface area contributed by atoms with Crippen LogP contribution in [-0.2, 0) is 22.7 Å².